The van der Waals surface area contributed by atoms with Crippen molar-refractivity contribution in [3.8, 4) is 0 Å². The second-order valence-electron chi connectivity index (χ2n) is 6.41. The van der Waals surface area contributed by atoms with Crippen LogP contribution in [0.1, 0.15) is 29.0 Å². The highest BCUT2D eigenvalue weighted by Crippen LogP contribution is 2.35. The molecule has 2 aliphatic heterocycles. The summed E-state index contributed by atoms with van der Waals surface area (Å²) in [6.45, 7) is 4.51. The first-order chi connectivity index (χ1) is 12.1. The van der Waals surface area contributed by atoms with E-state index in [4.69, 9.17) is 4.74 Å². The maximum absolute atomic E-state index is 12.8. The van der Waals surface area contributed by atoms with Gasteiger partial charge in [-0.1, -0.05) is 24.3 Å². The summed E-state index contributed by atoms with van der Waals surface area (Å²) in [6.07, 6.45) is 0.250. The lowest BCUT2D eigenvalue weighted by Gasteiger charge is -2.30. The molecule has 25 heavy (non-hydrogen) atoms. The lowest BCUT2D eigenvalue weighted by molar-refractivity contribution is -0.116. The van der Waals surface area contributed by atoms with Gasteiger partial charge in [0.25, 0.3) is 5.56 Å². The fourth-order valence-electron chi connectivity index (χ4n) is 3.53. The van der Waals surface area contributed by atoms with Crippen molar-refractivity contribution in [3.63, 3.8) is 0 Å². The zero-order valence-electron chi connectivity index (χ0n) is 14.0. The Morgan fingerprint density at radius 1 is 1.20 bits per heavy atom. The number of benzene rings is 1. The number of fused-ring (bicyclic) bond motifs is 1. The average Bonchev–Trinajstić information content (AvgIpc) is 2.62. The first kappa shape index (κ1) is 15.8. The minimum absolute atomic E-state index is 0.119. The number of hydrogen-bond donors (Lipinski definition) is 2. The van der Waals surface area contributed by atoms with E-state index in [-0.39, 0.29) is 23.8 Å². The zero-order valence-corrected chi connectivity index (χ0v) is 14.0. The number of aromatic amines is 1. The van der Waals surface area contributed by atoms with Gasteiger partial charge < -0.3 is 15.0 Å². The SMILES string of the molecule is Cc1ccccc1[C@@H]1CC(=O)Nc2nc(N3CCOCC3)[nH]c(=O)c21. The molecule has 1 aromatic carbocycles. The Labute approximate surface area is 145 Å². The van der Waals surface area contributed by atoms with Crippen molar-refractivity contribution in [2.24, 2.45) is 0 Å². The standard InChI is InChI=1S/C18H20N4O3/c1-11-4-2-3-5-12(11)13-10-14(23)19-16-15(13)17(24)21-18(20-16)22-6-8-25-9-7-22/h2-5,13H,6-10H2,1H3,(H2,19,20,21,23,24)/t13-/m0/s1. The highest BCUT2D eigenvalue weighted by atomic mass is 16.5. The molecule has 2 aliphatic rings. The molecule has 0 unspecified atom stereocenters. The lowest BCUT2D eigenvalue weighted by atomic mass is 9.84. The summed E-state index contributed by atoms with van der Waals surface area (Å²) < 4.78 is 5.34. The minimum Gasteiger partial charge on any atom is -0.378 e. The number of aryl methyl sites for hydroxylation is 1. The average molecular weight is 340 g/mol. The summed E-state index contributed by atoms with van der Waals surface area (Å²) in [5.41, 5.74) is 2.39. The van der Waals surface area contributed by atoms with Crippen LogP contribution in [0, 0.1) is 6.92 Å². The molecule has 0 aliphatic carbocycles. The normalized spacial score (nSPS) is 20.1. The minimum atomic E-state index is -0.278. The summed E-state index contributed by atoms with van der Waals surface area (Å²) in [5, 5.41) is 2.77. The topological polar surface area (TPSA) is 87.3 Å². The van der Waals surface area contributed by atoms with E-state index in [0.29, 0.717) is 43.6 Å². The molecule has 1 amide bonds. The van der Waals surface area contributed by atoms with Crippen LogP contribution in [-0.2, 0) is 9.53 Å². The number of carbonyl (C=O) groups is 1. The fraction of sp³-hybridized carbons (Fsp3) is 0.389. The molecule has 1 saturated heterocycles. The van der Waals surface area contributed by atoms with E-state index in [1.54, 1.807) is 0 Å². The van der Waals surface area contributed by atoms with E-state index < -0.39 is 0 Å². The first-order valence-corrected chi connectivity index (χ1v) is 8.46. The molecule has 0 bridgehead atoms. The number of anilines is 2. The quantitative estimate of drug-likeness (QED) is 0.863. The zero-order chi connectivity index (χ0) is 17.4. The molecule has 0 spiro atoms. The molecule has 7 heteroatoms. The maximum Gasteiger partial charge on any atom is 0.258 e. The molecule has 1 fully saturated rings. The number of hydrogen-bond acceptors (Lipinski definition) is 5. The van der Waals surface area contributed by atoms with Crippen LogP contribution in [0.15, 0.2) is 29.1 Å². The van der Waals surface area contributed by atoms with Gasteiger partial charge in [-0.05, 0) is 18.1 Å². The van der Waals surface area contributed by atoms with Crippen molar-refractivity contribution >= 4 is 17.7 Å². The van der Waals surface area contributed by atoms with E-state index in [0.717, 1.165) is 11.1 Å². The van der Waals surface area contributed by atoms with Crippen LogP contribution in [0.4, 0.5) is 11.8 Å². The molecule has 2 N–H and O–H groups in total. The smallest absolute Gasteiger partial charge is 0.258 e. The molecule has 1 aromatic heterocycles. The Kier molecular flexibility index (Phi) is 4.01. The molecule has 0 saturated carbocycles. The van der Waals surface area contributed by atoms with Crippen LogP contribution in [0.3, 0.4) is 0 Å². The Balaban J connectivity index is 1.80. The van der Waals surface area contributed by atoms with Crippen molar-refractivity contribution in [3.05, 3.63) is 51.3 Å². The largest absolute Gasteiger partial charge is 0.378 e. The molecule has 4 rings (SSSR count). The number of rotatable bonds is 2. The molecule has 1 atom stereocenters. The Bertz CT molecular complexity index is 871. The number of H-pyrrole nitrogens is 1. The van der Waals surface area contributed by atoms with Gasteiger partial charge in [-0.15, -0.1) is 0 Å². The van der Waals surface area contributed by atoms with Gasteiger partial charge in [0.15, 0.2) is 0 Å². The van der Waals surface area contributed by atoms with Gasteiger partial charge in [-0.2, -0.15) is 4.98 Å². The van der Waals surface area contributed by atoms with Crippen LogP contribution in [0.5, 0.6) is 0 Å². The third kappa shape index (κ3) is 2.91. The Morgan fingerprint density at radius 3 is 2.72 bits per heavy atom. The predicted octanol–water partition coefficient (Wildman–Crippen LogP) is 1.39. The monoisotopic (exact) mass is 340 g/mol. The number of nitrogens with zero attached hydrogens (tertiary/aromatic N) is 2. The molecule has 3 heterocycles. The van der Waals surface area contributed by atoms with E-state index in [1.807, 2.05) is 36.1 Å². The van der Waals surface area contributed by atoms with Gasteiger partial charge in [-0.25, -0.2) is 0 Å². The third-order valence-electron chi connectivity index (χ3n) is 4.81. The first-order valence-electron chi connectivity index (χ1n) is 8.46. The second kappa shape index (κ2) is 6.33. The van der Waals surface area contributed by atoms with Crippen LogP contribution < -0.4 is 15.8 Å². The highest BCUT2D eigenvalue weighted by Gasteiger charge is 2.32. The van der Waals surface area contributed by atoms with E-state index in [9.17, 15) is 9.59 Å². The summed E-state index contributed by atoms with van der Waals surface area (Å²) in [5.74, 6) is 0.458. The van der Waals surface area contributed by atoms with Gasteiger partial charge in [0.05, 0.1) is 18.8 Å². The summed E-state index contributed by atoms with van der Waals surface area (Å²) >= 11 is 0. The van der Waals surface area contributed by atoms with Crippen LogP contribution in [0.2, 0.25) is 0 Å². The molecule has 2 aromatic rings. The van der Waals surface area contributed by atoms with Crippen molar-refractivity contribution in [2.45, 2.75) is 19.3 Å². The van der Waals surface area contributed by atoms with Crippen LogP contribution >= 0.6 is 0 Å². The lowest BCUT2D eigenvalue weighted by Crippen LogP contribution is -2.40. The summed E-state index contributed by atoms with van der Waals surface area (Å²) in [6, 6.07) is 7.84. The molecule has 130 valence electrons. The third-order valence-corrected chi connectivity index (χ3v) is 4.81. The van der Waals surface area contributed by atoms with E-state index in [2.05, 4.69) is 15.3 Å². The van der Waals surface area contributed by atoms with Crippen LogP contribution in [0.25, 0.3) is 0 Å². The number of morpholine rings is 1. The number of ether oxygens (including phenoxy) is 1. The fourth-order valence-corrected chi connectivity index (χ4v) is 3.53. The molecular formula is C18H20N4O3. The van der Waals surface area contributed by atoms with Gasteiger partial charge in [0, 0.05) is 25.4 Å². The van der Waals surface area contributed by atoms with Crippen molar-refractivity contribution < 1.29 is 9.53 Å². The van der Waals surface area contributed by atoms with Gasteiger partial charge in [-0.3, -0.25) is 14.6 Å². The van der Waals surface area contributed by atoms with Crippen LogP contribution in [-0.4, -0.2) is 42.2 Å². The Morgan fingerprint density at radius 2 is 1.96 bits per heavy atom. The van der Waals surface area contributed by atoms with Gasteiger partial charge in [0.1, 0.15) is 5.82 Å². The van der Waals surface area contributed by atoms with Gasteiger partial charge >= 0.3 is 0 Å². The van der Waals surface area contributed by atoms with Crippen molar-refractivity contribution in [1.29, 1.82) is 0 Å². The number of amides is 1. The molecule has 0 radical (unpaired) electrons. The Hall–Kier alpha value is -2.67. The van der Waals surface area contributed by atoms with E-state index in [1.165, 1.54) is 0 Å². The number of aromatic nitrogens is 2. The second-order valence-corrected chi connectivity index (χ2v) is 6.41. The number of carbonyl (C=O) groups excluding carboxylic acids is 1. The number of nitrogens with one attached hydrogen (secondary N) is 2. The van der Waals surface area contributed by atoms with Crippen molar-refractivity contribution in [1.82, 2.24) is 9.97 Å². The highest BCUT2D eigenvalue weighted by molar-refractivity contribution is 5.94. The predicted molar refractivity (Wildman–Crippen MR) is 94.2 cm³/mol. The maximum atomic E-state index is 12.8. The summed E-state index contributed by atoms with van der Waals surface area (Å²) in [7, 11) is 0. The van der Waals surface area contributed by atoms with Gasteiger partial charge in [0.2, 0.25) is 11.9 Å². The van der Waals surface area contributed by atoms with E-state index >= 15 is 0 Å². The molecule has 7 nitrogen and oxygen atoms in total. The van der Waals surface area contributed by atoms with Crippen molar-refractivity contribution in [2.75, 3.05) is 36.5 Å². The summed E-state index contributed by atoms with van der Waals surface area (Å²) in [4.78, 5) is 34.4. The molecular weight excluding hydrogens is 320 g/mol.